The van der Waals surface area contributed by atoms with Gasteiger partial charge in [0, 0.05) is 17.3 Å². The fourth-order valence-electron chi connectivity index (χ4n) is 3.30. The molecule has 28 heavy (non-hydrogen) atoms. The van der Waals surface area contributed by atoms with Gasteiger partial charge in [-0.05, 0) is 62.6 Å². The van der Waals surface area contributed by atoms with Gasteiger partial charge in [0.15, 0.2) is 0 Å². The van der Waals surface area contributed by atoms with Crippen LogP contribution in [0.25, 0.3) is 0 Å². The van der Waals surface area contributed by atoms with Crippen molar-refractivity contribution in [3.63, 3.8) is 0 Å². The Bertz CT molecular complexity index is 674. The third-order valence-corrected chi connectivity index (χ3v) is 5.87. The lowest BCUT2D eigenvalue weighted by molar-refractivity contribution is -0.146. The standard InChI is InChI=1S/C21H28BrNO5/c1-3-27-19(24)12-11-18(21(26)28-4-2)23-20(25)15-7-5-14(6-8-15)17-10-9-16(17)13-22/h5-8,16-18H,3-4,9-13H2,1-2H3,(H,23,25)/t16-,17-,18-/m0/s1. The Morgan fingerprint density at radius 1 is 1.11 bits per heavy atom. The Kier molecular flexibility index (Phi) is 8.96. The van der Waals surface area contributed by atoms with E-state index in [2.05, 4.69) is 21.2 Å². The molecular weight excluding hydrogens is 426 g/mol. The molecule has 0 heterocycles. The predicted molar refractivity (Wildman–Crippen MR) is 109 cm³/mol. The Balaban J connectivity index is 1.99. The van der Waals surface area contributed by atoms with Crippen molar-refractivity contribution in [2.75, 3.05) is 18.5 Å². The molecule has 0 bridgehead atoms. The van der Waals surface area contributed by atoms with Crippen LogP contribution in [0.5, 0.6) is 0 Å². The quantitative estimate of drug-likeness (QED) is 0.432. The molecular formula is C21H28BrNO5. The van der Waals surface area contributed by atoms with Crippen LogP contribution in [0.2, 0.25) is 0 Å². The van der Waals surface area contributed by atoms with Crippen molar-refractivity contribution >= 4 is 33.8 Å². The predicted octanol–water partition coefficient (Wildman–Crippen LogP) is 3.58. The molecule has 1 fully saturated rings. The second kappa shape index (κ2) is 11.2. The topological polar surface area (TPSA) is 81.7 Å². The van der Waals surface area contributed by atoms with Crippen molar-refractivity contribution in [3.8, 4) is 0 Å². The van der Waals surface area contributed by atoms with Gasteiger partial charge >= 0.3 is 11.9 Å². The lowest BCUT2D eigenvalue weighted by atomic mass is 9.71. The molecule has 0 unspecified atom stereocenters. The van der Waals surface area contributed by atoms with Crippen LogP contribution in [-0.4, -0.2) is 42.4 Å². The lowest BCUT2D eigenvalue weighted by Gasteiger charge is -2.36. The van der Waals surface area contributed by atoms with Crippen LogP contribution < -0.4 is 5.32 Å². The Labute approximate surface area is 174 Å². The summed E-state index contributed by atoms with van der Waals surface area (Å²) in [7, 11) is 0. The molecule has 0 spiro atoms. The summed E-state index contributed by atoms with van der Waals surface area (Å²) < 4.78 is 9.90. The fraction of sp³-hybridized carbons (Fsp3) is 0.571. The van der Waals surface area contributed by atoms with E-state index < -0.39 is 18.0 Å². The van der Waals surface area contributed by atoms with Crippen molar-refractivity contribution in [1.29, 1.82) is 0 Å². The molecule has 1 aromatic carbocycles. The normalized spacial score (nSPS) is 19.2. The summed E-state index contributed by atoms with van der Waals surface area (Å²) in [5.74, 6) is -0.133. The summed E-state index contributed by atoms with van der Waals surface area (Å²) in [6.07, 6.45) is 2.56. The smallest absolute Gasteiger partial charge is 0.328 e. The molecule has 7 heteroatoms. The maximum absolute atomic E-state index is 12.6. The number of benzene rings is 1. The molecule has 1 aliphatic carbocycles. The molecule has 1 N–H and O–H groups in total. The van der Waals surface area contributed by atoms with Crippen molar-refractivity contribution in [2.45, 2.75) is 51.5 Å². The van der Waals surface area contributed by atoms with E-state index in [9.17, 15) is 14.4 Å². The number of rotatable bonds is 10. The highest BCUT2D eigenvalue weighted by molar-refractivity contribution is 9.09. The van der Waals surface area contributed by atoms with Gasteiger partial charge in [-0.3, -0.25) is 9.59 Å². The second-order valence-electron chi connectivity index (χ2n) is 6.84. The van der Waals surface area contributed by atoms with E-state index in [0.717, 1.165) is 5.33 Å². The fourth-order valence-corrected chi connectivity index (χ4v) is 4.08. The van der Waals surface area contributed by atoms with Crippen LogP contribution in [-0.2, 0) is 19.1 Å². The Morgan fingerprint density at radius 2 is 1.79 bits per heavy atom. The molecule has 1 saturated carbocycles. The first kappa shape index (κ1) is 22.4. The van der Waals surface area contributed by atoms with Gasteiger partial charge in [-0.25, -0.2) is 4.79 Å². The van der Waals surface area contributed by atoms with Gasteiger partial charge in [0.05, 0.1) is 13.2 Å². The van der Waals surface area contributed by atoms with Gasteiger partial charge in [0.2, 0.25) is 0 Å². The van der Waals surface area contributed by atoms with E-state index in [-0.39, 0.29) is 32.0 Å². The minimum absolute atomic E-state index is 0.0339. The largest absolute Gasteiger partial charge is 0.466 e. The number of amides is 1. The van der Waals surface area contributed by atoms with E-state index in [0.29, 0.717) is 17.4 Å². The number of carbonyl (C=O) groups excluding carboxylic acids is 3. The maximum atomic E-state index is 12.6. The van der Waals surface area contributed by atoms with Crippen LogP contribution in [0, 0.1) is 5.92 Å². The molecule has 154 valence electrons. The van der Waals surface area contributed by atoms with Gasteiger partial charge < -0.3 is 14.8 Å². The minimum atomic E-state index is -0.888. The van der Waals surface area contributed by atoms with E-state index in [4.69, 9.17) is 9.47 Å². The van der Waals surface area contributed by atoms with Crippen molar-refractivity contribution in [2.24, 2.45) is 5.92 Å². The molecule has 0 aromatic heterocycles. The van der Waals surface area contributed by atoms with Crippen LogP contribution >= 0.6 is 15.9 Å². The second-order valence-corrected chi connectivity index (χ2v) is 7.49. The number of ether oxygens (including phenoxy) is 2. The van der Waals surface area contributed by atoms with Gasteiger partial charge in [0.1, 0.15) is 6.04 Å². The molecule has 0 aliphatic heterocycles. The van der Waals surface area contributed by atoms with Gasteiger partial charge in [-0.1, -0.05) is 28.1 Å². The summed E-state index contributed by atoms with van der Waals surface area (Å²) in [4.78, 5) is 36.3. The first-order valence-electron chi connectivity index (χ1n) is 9.79. The first-order chi connectivity index (χ1) is 13.5. The Hall–Kier alpha value is -1.89. The monoisotopic (exact) mass is 453 g/mol. The SMILES string of the molecule is CCOC(=O)CC[C@H](NC(=O)c1ccc([C@@H]2CC[C@H]2CBr)cc1)C(=O)OCC. The third kappa shape index (κ3) is 6.06. The molecule has 2 rings (SSSR count). The highest BCUT2D eigenvalue weighted by atomic mass is 79.9. The number of esters is 2. The molecule has 0 radical (unpaired) electrons. The molecule has 1 aliphatic rings. The average Bonchev–Trinajstić information content (AvgIpc) is 2.65. The molecule has 1 aromatic rings. The van der Waals surface area contributed by atoms with Crippen LogP contribution in [0.15, 0.2) is 24.3 Å². The minimum Gasteiger partial charge on any atom is -0.466 e. The number of carbonyl (C=O) groups is 3. The maximum Gasteiger partial charge on any atom is 0.328 e. The summed E-state index contributed by atoms with van der Waals surface area (Å²) >= 11 is 3.55. The zero-order valence-electron chi connectivity index (χ0n) is 16.4. The van der Waals surface area contributed by atoms with Crippen molar-refractivity contribution < 1.29 is 23.9 Å². The highest BCUT2D eigenvalue weighted by Gasteiger charge is 2.31. The number of alkyl halides is 1. The van der Waals surface area contributed by atoms with E-state index in [1.54, 1.807) is 26.0 Å². The lowest BCUT2D eigenvalue weighted by Crippen LogP contribution is -2.42. The zero-order valence-corrected chi connectivity index (χ0v) is 18.0. The Morgan fingerprint density at radius 3 is 2.32 bits per heavy atom. The summed E-state index contributed by atoms with van der Waals surface area (Å²) in [6.45, 7) is 3.89. The molecule has 6 nitrogen and oxygen atoms in total. The summed E-state index contributed by atoms with van der Waals surface area (Å²) in [5.41, 5.74) is 1.71. The van der Waals surface area contributed by atoms with Crippen molar-refractivity contribution in [1.82, 2.24) is 5.32 Å². The molecule has 1 amide bonds. The van der Waals surface area contributed by atoms with Gasteiger partial charge in [0.25, 0.3) is 5.91 Å². The molecule has 3 atom stereocenters. The zero-order chi connectivity index (χ0) is 20.5. The molecule has 0 saturated heterocycles. The third-order valence-electron chi connectivity index (χ3n) is 5.04. The number of hydrogen-bond acceptors (Lipinski definition) is 5. The number of nitrogens with one attached hydrogen (secondary N) is 1. The van der Waals surface area contributed by atoms with E-state index in [1.165, 1.54) is 18.4 Å². The first-order valence-corrected chi connectivity index (χ1v) is 10.9. The van der Waals surface area contributed by atoms with Gasteiger partial charge in [-0.15, -0.1) is 0 Å². The number of hydrogen-bond donors (Lipinski definition) is 1. The van der Waals surface area contributed by atoms with Crippen LogP contribution in [0.3, 0.4) is 0 Å². The van der Waals surface area contributed by atoms with Crippen LogP contribution in [0.4, 0.5) is 0 Å². The summed E-state index contributed by atoms with van der Waals surface area (Å²) in [6, 6.07) is 6.63. The van der Waals surface area contributed by atoms with E-state index >= 15 is 0 Å². The summed E-state index contributed by atoms with van der Waals surface area (Å²) in [5, 5.41) is 3.67. The van der Waals surface area contributed by atoms with Crippen LogP contribution in [0.1, 0.15) is 61.4 Å². The van der Waals surface area contributed by atoms with E-state index in [1.807, 2.05) is 12.1 Å². The average molecular weight is 454 g/mol. The van der Waals surface area contributed by atoms with Gasteiger partial charge in [-0.2, -0.15) is 0 Å². The number of halogens is 1. The van der Waals surface area contributed by atoms with Crippen molar-refractivity contribution in [3.05, 3.63) is 35.4 Å². The highest BCUT2D eigenvalue weighted by Crippen LogP contribution is 2.43.